The van der Waals surface area contributed by atoms with E-state index in [1.54, 1.807) is 0 Å². The molecule has 0 saturated carbocycles. The Balaban J connectivity index is 3.33. The molecule has 0 aliphatic carbocycles. The molecule has 0 aromatic carbocycles. The number of hydrogen-bond acceptors (Lipinski definition) is 5. The molecule has 6 heteroatoms. The second-order valence-electron chi connectivity index (χ2n) is 24.2. The number of carbonyl (C=O) groups is 2. The van der Waals surface area contributed by atoms with Gasteiger partial charge in [0.05, 0.1) is 25.4 Å². The number of carbonyl (C=O) groups excluding carboxylic acids is 2. The average Bonchev–Trinajstić information content (AvgIpc) is 3.43. The van der Waals surface area contributed by atoms with Crippen LogP contribution < -0.4 is 5.32 Å². The van der Waals surface area contributed by atoms with Crippen molar-refractivity contribution in [3.63, 3.8) is 0 Å². The van der Waals surface area contributed by atoms with Crippen LogP contribution in [0.3, 0.4) is 0 Å². The number of rotatable bonds is 66. The molecule has 6 nitrogen and oxygen atoms in total. The number of hydrogen-bond donors (Lipinski definition) is 3. The van der Waals surface area contributed by atoms with Crippen molar-refractivity contribution >= 4 is 11.9 Å². The Labute approximate surface area is 481 Å². The van der Waals surface area contributed by atoms with Crippen LogP contribution in [-0.2, 0) is 14.3 Å². The van der Waals surface area contributed by atoms with E-state index in [1.807, 2.05) is 0 Å². The molecule has 0 bridgehead atoms. The quantitative estimate of drug-likeness (QED) is 0.0320. The topological polar surface area (TPSA) is 95.9 Å². The molecule has 0 aliphatic rings. The standard InChI is InChI=1S/C71H137NO5/c1-3-5-7-9-11-13-15-17-41-45-49-53-57-61-65-71(76)77-66-62-58-54-50-46-42-38-36-34-32-30-28-26-24-22-20-18-19-21-23-25-27-29-31-33-35-37-40-44-48-52-56-60-64-70(75)72-68(67-73)69(74)63-59-55-51-47-43-39-16-14-12-10-8-6-4-2/h15,17,22,24,68-69,73-74H,3-14,16,18-21,23,25-67H2,1-2H3,(H,72,75)/b17-15-,24-22-. The molecule has 0 radical (unpaired) electrons. The fourth-order valence-corrected chi connectivity index (χ4v) is 11.1. The van der Waals surface area contributed by atoms with Crippen LogP contribution in [0.5, 0.6) is 0 Å². The van der Waals surface area contributed by atoms with Crippen LogP contribution in [0.2, 0.25) is 0 Å². The summed E-state index contributed by atoms with van der Waals surface area (Å²) >= 11 is 0. The number of unbranched alkanes of at least 4 members (excludes halogenated alkanes) is 51. The van der Waals surface area contributed by atoms with E-state index >= 15 is 0 Å². The Morgan fingerprint density at radius 2 is 0.610 bits per heavy atom. The third-order valence-corrected chi connectivity index (χ3v) is 16.5. The second-order valence-corrected chi connectivity index (χ2v) is 24.2. The van der Waals surface area contributed by atoms with Crippen LogP contribution in [0.1, 0.15) is 393 Å². The van der Waals surface area contributed by atoms with Crippen molar-refractivity contribution in [1.29, 1.82) is 0 Å². The molecule has 2 unspecified atom stereocenters. The van der Waals surface area contributed by atoms with E-state index in [9.17, 15) is 19.8 Å². The predicted molar refractivity (Wildman–Crippen MR) is 338 cm³/mol. The van der Waals surface area contributed by atoms with Gasteiger partial charge in [0.25, 0.3) is 0 Å². The molecular formula is C71H137NO5. The highest BCUT2D eigenvalue weighted by atomic mass is 16.5. The maximum atomic E-state index is 12.5. The first-order valence-corrected chi connectivity index (χ1v) is 35.1. The van der Waals surface area contributed by atoms with Gasteiger partial charge in [-0.05, 0) is 77.0 Å². The number of amides is 1. The lowest BCUT2D eigenvalue weighted by atomic mass is 10.0. The molecule has 456 valence electrons. The summed E-state index contributed by atoms with van der Waals surface area (Å²) in [4.78, 5) is 24.5. The van der Waals surface area contributed by atoms with Crippen LogP contribution in [0.4, 0.5) is 0 Å². The van der Waals surface area contributed by atoms with Gasteiger partial charge in [0.2, 0.25) is 5.91 Å². The molecular weight excluding hydrogens is 947 g/mol. The fraction of sp³-hybridized carbons (Fsp3) is 0.915. The summed E-state index contributed by atoms with van der Waals surface area (Å²) < 4.78 is 5.49. The molecule has 0 fully saturated rings. The first-order chi connectivity index (χ1) is 38.0. The lowest BCUT2D eigenvalue weighted by molar-refractivity contribution is -0.143. The lowest BCUT2D eigenvalue weighted by Crippen LogP contribution is -2.45. The summed E-state index contributed by atoms with van der Waals surface area (Å²) in [5, 5.41) is 23.3. The van der Waals surface area contributed by atoms with Gasteiger partial charge in [-0.15, -0.1) is 0 Å². The Morgan fingerprint density at radius 1 is 0.351 bits per heavy atom. The summed E-state index contributed by atoms with van der Waals surface area (Å²) in [6.45, 7) is 4.97. The summed E-state index contributed by atoms with van der Waals surface area (Å²) in [7, 11) is 0. The first kappa shape index (κ1) is 75.3. The van der Waals surface area contributed by atoms with Crippen molar-refractivity contribution in [2.24, 2.45) is 0 Å². The maximum absolute atomic E-state index is 12.5. The van der Waals surface area contributed by atoms with Gasteiger partial charge >= 0.3 is 5.97 Å². The number of nitrogens with one attached hydrogen (secondary N) is 1. The van der Waals surface area contributed by atoms with E-state index in [0.29, 0.717) is 25.9 Å². The van der Waals surface area contributed by atoms with Crippen molar-refractivity contribution < 1.29 is 24.5 Å². The zero-order valence-corrected chi connectivity index (χ0v) is 52.2. The van der Waals surface area contributed by atoms with Crippen LogP contribution in [0, 0.1) is 0 Å². The average molecular weight is 1080 g/mol. The number of aliphatic hydroxyl groups excluding tert-OH is 2. The molecule has 2 atom stereocenters. The highest BCUT2D eigenvalue weighted by Gasteiger charge is 2.20. The molecule has 1 amide bonds. The van der Waals surface area contributed by atoms with Crippen LogP contribution in [0.15, 0.2) is 24.3 Å². The van der Waals surface area contributed by atoms with Crippen molar-refractivity contribution in [2.45, 2.75) is 405 Å². The summed E-state index contributed by atoms with van der Waals surface area (Å²) in [6.07, 6.45) is 83.8. The number of allylic oxidation sites excluding steroid dienone is 4. The molecule has 0 rings (SSSR count). The molecule has 0 aromatic rings. The van der Waals surface area contributed by atoms with Crippen molar-refractivity contribution in [3.05, 3.63) is 24.3 Å². The molecule has 0 heterocycles. The summed E-state index contributed by atoms with van der Waals surface area (Å²) in [5.41, 5.74) is 0. The van der Waals surface area contributed by atoms with Gasteiger partial charge in [-0.2, -0.15) is 0 Å². The van der Waals surface area contributed by atoms with E-state index in [-0.39, 0.29) is 18.5 Å². The van der Waals surface area contributed by atoms with Gasteiger partial charge in [0.1, 0.15) is 0 Å². The molecule has 0 aromatic heterocycles. The van der Waals surface area contributed by atoms with Gasteiger partial charge in [-0.3, -0.25) is 9.59 Å². The van der Waals surface area contributed by atoms with Crippen LogP contribution in [-0.4, -0.2) is 47.4 Å². The van der Waals surface area contributed by atoms with E-state index in [4.69, 9.17) is 4.74 Å². The van der Waals surface area contributed by atoms with Gasteiger partial charge in [0, 0.05) is 12.8 Å². The van der Waals surface area contributed by atoms with Crippen LogP contribution in [0.25, 0.3) is 0 Å². The minimum atomic E-state index is -0.661. The molecule has 0 aliphatic heterocycles. The normalized spacial score (nSPS) is 12.6. The Bertz CT molecular complexity index is 1200. The highest BCUT2D eigenvalue weighted by molar-refractivity contribution is 5.76. The van der Waals surface area contributed by atoms with Gasteiger partial charge in [-0.25, -0.2) is 0 Å². The van der Waals surface area contributed by atoms with Gasteiger partial charge < -0.3 is 20.3 Å². The number of ether oxygens (including phenoxy) is 1. The molecule has 0 spiro atoms. The number of esters is 1. The Hall–Kier alpha value is -1.66. The smallest absolute Gasteiger partial charge is 0.305 e. The van der Waals surface area contributed by atoms with Gasteiger partial charge in [-0.1, -0.05) is 327 Å². The van der Waals surface area contributed by atoms with Crippen molar-refractivity contribution in [3.8, 4) is 0 Å². The fourth-order valence-electron chi connectivity index (χ4n) is 11.1. The zero-order valence-electron chi connectivity index (χ0n) is 52.2. The van der Waals surface area contributed by atoms with E-state index in [1.165, 1.54) is 315 Å². The highest BCUT2D eigenvalue weighted by Crippen LogP contribution is 2.19. The van der Waals surface area contributed by atoms with Crippen molar-refractivity contribution in [1.82, 2.24) is 5.32 Å². The van der Waals surface area contributed by atoms with Gasteiger partial charge in [0.15, 0.2) is 0 Å². The summed E-state index contributed by atoms with van der Waals surface area (Å²) in [6, 6.07) is -0.538. The zero-order chi connectivity index (χ0) is 55.7. The molecule has 3 N–H and O–H groups in total. The van der Waals surface area contributed by atoms with E-state index < -0.39 is 12.1 Å². The van der Waals surface area contributed by atoms with E-state index in [2.05, 4.69) is 43.5 Å². The minimum absolute atomic E-state index is 0.0106. The lowest BCUT2D eigenvalue weighted by Gasteiger charge is -2.22. The molecule has 0 saturated heterocycles. The van der Waals surface area contributed by atoms with Crippen molar-refractivity contribution in [2.75, 3.05) is 13.2 Å². The Morgan fingerprint density at radius 3 is 0.922 bits per heavy atom. The second kappa shape index (κ2) is 66.8. The Kier molecular flexibility index (Phi) is 65.4. The number of aliphatic hydroxyl groups is 2. The predicted octanol–water partition coefficient (Wildman–Crippen LogP) is 22.5. The van der Waals surface area contributed by atoms with Crippen LogP contribution >= 0.6 is 0 Å². The third-order valence-electron chi connectivity index (χ3n) is 16.5. The third kappa shape index (κ3) is 63.4. The molecule has 77 heavy (non-hydrogen) atoms. The summed E-state index contributed by atoms with van der Waals surface area (Å²) in [5.74, 6) is -0.0193. The maximum Gasteiger partial charge on any atom is 0.305 e. The minimum Gasteiger partial charge on any atom is -0.466 e. The monoisotopic (exact) mass is 1080 g/mol. The van der Waals surface area contributed by atoms with E-state index in [0.717, 1.165) is 44.9 Å². The largest absolute Gasteiger partial charge is 0.466 e. The first-order valence-electron chi connectivity index (χ1n) is 35.1. The SMILES string of the molecule is CCCCCCC/C=C\CCCCCCCC(=O)OCCCCCCCCCCCCCC/C=C\CCCCCCCCCCCCCCCCCCCC(=O)NC(CO)C(O)CCCCCCCCCCCCCCC.